The molecule has 2 aromatic heterocycles. The summed E-state index contributed by atoms with van der Waals surface area (Å²) in [6.07, 6.45) is 6.77. The van der Waals surface area contributed by atoms with Crippen LogP contribution < -0.4 is 4.74 Å². The van der Waals surface area contributed by atoms with Crippen LogP contribution in [0.15, 0.2) is 42.9 Å². The monoisotopic (exact) mass is 397 g/mol. The van der Waals surface area contributed by atoms with Crippen LogP contribution in [0.3, 0.4) is 0 Å². The summed E-state index contributed by atoms with van der Waals surface area (Å²) in [7, 11) is 1.81. The summed E-state index contributed by atoms with van der Waals surface area (Å²) in [5, 5.41) is 4.92. The van der Waals surface area contributed by atoms with Crippen molar-refractivity contribution in [1.29, 1.82) is 0 Å². The zero-order valence-electron chi connectivity index (χ0n) is 15.7. The van der Waals surface area contributed by atoms with Gasteiger partial charge >= 0.3 is 0 Å². The van der Waals surface area contributed by atoms with Gasteiger partial charge in [0.1, 0.15) is 5.75 Å². The zero-order valence-corrected chi connectivity index (χ0v) is 16.4. The van der Waals surface area contributed by atoms with Gasteiger partial charge in [0.05, 0.1) is 35.4 Å². The molecule has 3 heterocycles. The van der Waals surface area contributed by atoms with Gasteiger partial charge in [-0.3, -0.25) is 14.5 Å². The predicted octanol–water partition coefficient (Wildman–Crippen LogP) is 3.94. The number of amides is 1. The zero-order chi connectivity index (χ0) is 19.7. The third-order valence-corrected chi connectivity index (χ3v) is 5.02. The molecule has 0 saturated carbocycles. The second-order valence-electron chi connectivity index (χ2n) is 6.80. The average molecular weight is 398 g/mol. The Morgan fingerprint density at radius 2 is 2.04 bits per heavy atom. The Labute approximate surface area is 167 Å². The molecular weight excluding hydrogens is 378 g/mol. The van der Waals surface area contributed by atoms with Crippen molar-refractivity contribution in [3.8, 4) is 11.6 Å². The minimum atomic E-state index is -0.131. The molecule has 0 bridgehead atoms. The van der Waals surface area contributed by atoms with Gasteiger partial charge in [-0.2, -0.15) is 5.10 Å². The fourth-order valence-electron chi connectivity index (χ4n) is 3.48. The van der Waals surface area contributed by atoms with Crippen molar-refractivity contribution in [3.63, 3.8) is 0 Å². The summed E-state index contributed by atoms with van der Waals surface area (Å²) in [5.74, 6) is 0.983. The summed E-state index contributed by atoms with van der Waals surface area (Å²) < 4.78 is 7.45. The number of aryl methyl sites for hydroxylation is 2. The van der Waals surface area contributed by atoms with Crippen LogP contribution in [0.5, 0.6) is 11.6 Å². The summed E-state index contributed by atoms with van der Waals surface area (Å²) in [4.78, 5) is 23.8. The van der Waals surface area contributed by atoms with E-state index in [1.807, 2.05) is 18.9 Å². The van der Waals surface area contributed by atoms with E-state index in [1.165, 1.54) is 0 Å². The molecular formula is C20H20ClN5O2. The van der Waals surface area contributed by atoms with Crippen molar-refractivity contribution in [2.24, 2.45) is 7.05 Å². The first kappa shape index (κ1) is 18.4. The fourth-order valence-corrected chi connectivity index (χ4v) is 3.60. The highest BCUT2D eigenvalue weighted by molar-refractivity contribution is 6.30. The first-order chi connectivity index (χ1) is 13.5. The fraction of sp³-hybridized carbons (Fsp3) is 0.300. The number of ether oxygens (including phenoxy) is 1. The van der Waals surface area contributed by atoms with E-state index < -0.39 is 0 Å². The van der Waals surface area contributed by atoms with E-state index >= 15 is 0 Å². The maximum absolute atomic E-state index is 13.1. The number of benzene rings is 1. The Balaban J connectivity index is 1.56. The van der Waals surface area contributed by atoms with E-state index in [1.54, 1.807) is 47.5 Å². The second-order valence-corrected chi connectivity index (χ2v) is 7.23. The topological polar surface area (TPSA) is 73.1 Å². The van der Waals surface area contributed by atoms with Crippen LogP contribution in [0.4, 0.5) is 0 Å². The number of likely N-dealkylation sites (tertiary alicyclic amines) is 1. The number of aromatic nitrogens is 4. The Bertz CT molecular complexity index is 1000. The van der Waals surface area contributed by atoms with Gasteiger partial charge in [-0.25, -0.2) is 4.98 Å². The lowest BCUT2D eigenvalue weighted by Gasteiger charge is -2.24. The first-order valence-electron chi connectivity index (χ1n) is 9.08. The van der Waals surface area contributed by atoms with Gasteiger partial charge in [0.2, 0.25) is 5.88 Å². The molecule has 1 fully saturated rings. The van der Waals surface area contributed by atoms with E-state index in [0.29, 0.717) is 28.8 Å². The molecule has 0 aliphatic carbocycles. The molecule has 1 aliphatic heterocycles. The molecule has 1 aliphatic rings. The van der Waals surface area contributed by atoms with Crippen molar-refractivity contribution >= 4 is 17.5 Å². The SMILES string of the molecule is Cc1nn(C)cc1C(=O)N1CCC[C@H]1c1cncc(Oc2ccc(Cl)cc2)n1. The molecule has 1 amide bonds. The highest BCUT2D eigenvalue weighted by Crippen LogP contribution is 2.33. The van der Waals surface area contributed by atoms with Crippen molar-refractivity contribution in [3.05, 3.63) is 64.8 Å². The van der Waals surface area contributed by atoms with Crippen molar-refractivity contribution in [1.82, 2.24) is 24.6 Å². The molecule has 3 aromatic rings. The summed E-state index contributed by atoms with van der Waals surface area (Å²) in [6.45, 7) is 2.53. The molecule has 144 valence electrons. The van der Waals surface area contributed by atoms with Crippen LogP contribution in [-0.2, 0) is 7.05 Å². The van der Waals surface area contributed by atoms with Crippen LogP contribution >= 0.6 is 11.6 Å². The minimum absolute atomic E-state index is 0.0288. The number of hydrogen-bond acceptors (Lipinski definition) is 5. The molecule has 1 saturated heterocycles. The molecule has 28 heavy (non-hydrogen) atoms. The molecule has 0 spiro atoms. The lowest BCUT2D eigenvalue weighted by molar-refractivity contribution is 0.0731. The normalized spacial score (nSPS) is 16.4. The molecule has 0 unspecified atom stereocenters. The number of halogens is 1. The summed E-state index contributed by atoms with van der Waals surface area (Å²) in [5.41, 5.74) is 2.07. The predicted molar refractivity (Wildman–Crippen MR) is 105 cm³/mol. The van der Waals surface area contributed by atoms with Gasteiger partial charge in [0.15, 0.2) is 0 Å². The first-order valence-corrected chi connectivity index (χ1v) is 9.45. The highest BCUT2D eigenvalue weighted by atomic mass is 35.5. The Hall–Kier alpha value is -2.93. The third-order valence-electron chi connectivity index (χ3n) is 4.77. The van der Waals surface area contributed by atoms with E-state index in [-0.39, 0.29) is 11.9 Å². The molecule has 4 rings (SSSR count). The van der Waals surface area contributed by atoms with Crippen molar-refractivity contribution in [2.75, 3.05) is 6.54 Å². The molecule has 1 atom stereocenters. The van der Waals surface area contributed by atoms with Gasteiger partial charge in [0, 0.05) is 24.8 Å². The average Bonchev–Trinajstić information content (AvgIpc) is 3.30. The van der Waals surface area contributed by atoms with E-state index in [4.69, 9.17) is 16.3 Å². The molecule has 0 N–H and O–H groups in total. The molecule has 7 nitrogen and oxygen atoms in total. The van der Waals surface area contributed by atoms with Crippen LogP contribution in [0, 0.1) is 6.92 Å². The summed E-state index contributed by atoms with van der Waals surface area (Å²) >= 11 is 5.91. The molecule has 0 radical (unpaired) electrons. The lowest BCUT2D eigenvalue weighted by Crippen LogP contribution is -2.31. The number of carbonyl (C=O) groups excluding carboxylic acids is 1. The highest BCUT2D eigenvalue weighted by Gasteiger charge is 2.33. The van der Waals surface area contributed by atoms with Gasteiger partial charge < -0.3 is 9.64 Å². The third kappa shape index (κ3) is 3.71. The Kier molecular flexibility index (Phi) is 5.00. The van der Waals surface area contributed by atoms with E-state index in [9.17, 15) is 4.79 Å². The minimum Gasteiger partial charge on any atom is -0.437 e. The van der Waals surface area contributed by atoms with Crippen molar-refractivity contribution < 1.29 is 9.53 Å². The number of carbonyl (C=O) groups is 1. The largest absolute Gasteiger partial charge is 0.437 e. The van der Waals surface area contributed by atoms with E-state index in [2.05, 4.69) is 15.1 Å². The lowest BCUT2D eigenvalue weighted by atomic mass is 10.1. The Morgan fingerprint density at radius 1 is 1.25 bits per heavy atom. The quantitative estimate of drug-likeness (QED) is 0.666. The van der Waals surface area contributed by atoms with Crippen LogP contribution in [0.1, 0.15) is 40.6 Å². The maximum Gasteiger partial charge on any atom is 0.257 e. The van der Waals surface area contributed by atoms with Gasteiger partial charge in [-0.15, -0.1) is 0 Å². The number of hydrogen-bond donors (Lipinski definition) is 0. The van der Waals surface area contributed by atoms with Gasteiger partial charge in [-0.1, -0.05) is 11.6 Å². The van der Waals surface area contributed by atoms with Crippen LogP contribution in [0.2, 0.25) is 5.02 Å². The smallest absolute Gasteiger partial charge is 0.257 e. The number of rotatable bonds is 4. The van der Waals surface area contributed by atoms with Gasteiger partial charge in [-0.05, 0) is 44.0 Å². The van der Waals surface area contributed by atoms with Crippen molar-refractivity contribution in [2.45, 2.75) is 25.8 Å². The molecule has 8 heteroatoms. The van der Waals surface area contributed by atoms with Crippen LogP contribution in [-0.4, -0.2) is 37.1 Å². The maximum atomic E-state index is 13.1. The number of nitrogens with zero attached hydrogens (tertiary/aromatic N) is 5. The van der Waals surface area contributed by atoms with Gasteiger partial charge in [0.25, 0.3) is 5.91 Å². The van der Waals surface area contributed by atoms with Crippen LogP contribution in [0.25, 0.3) is 0 Å². The summed E-state index contributed by atoms with van der Waals surface area (Å²) in [6, 6.07) is 6.91. The Morgan fingerprint density at radius 3 is 2.75 bits per heavy atom. The second kappa shape index (κ2) is 7.59. The van der Waals surface area contributed by atoms with E-state index in [0.717, 1.165) is 24.2 Å². The molecule has 1 aromatic carbocycles. The standard InChI is InChI=1S/C20H20ClN5O2/c1-13-16(12-25(2)24-13)20(27)26-9-3-4-18(26)17-10-22-11-19(23-17)28-15-7-5-14(21)6-8-15/h5-8,10-12,18H,3-4,9H2,1-2H3/t18-/m0/s1.